The lowest BCUT2D eigenvalue weighted by Gasteiger charge is -2.64. The second-order valence-corrected chi connectivity index (χ2v) is 20.4. The maximum atomic E-state index is 13.1. The fourth-order valence-electron chi connectivity index (χ4n) is 10.8. The first-order valence-electron chi connectivity index (χ1n) is 24.9. The molecule has 2 aromatic rings. The number of carbonyl (C=O) groups excluding carboxylic acids is 4. The van der Waals surface area contributed by atoms with E-state index in [4.69, 9.17) is 19.4 Å². The molecule has 3 aliphatic heterocycles. The Morgan fingerprint density at radius 3 is 1.71 bits per heavy atom. The molecule has 8 N–H and O–H groups in total. The minimum absolute atomic E-state index is 0. The first-order chi connectivity index (χ1) is 32.9. The molecule has 6 amide bonds. The Bertz CT molecular complexity index is 1980. The molecule has 3 saturated heterocycles. The van der Waals surface area contributed by atoms with Crippen molar-refractivity contribution in [1.82, 2.24) is 31.1 Å². The molecule has 6 aliphatic rings. The molecule has 6 fully saturated rings. The van der Waals surface area contributed by atoms with Gasteiger partial charge in [-0.3, -0.25) is 9.59 Å². The Morgan fingerprint density at radius 2 is 1.27 bits per heavy atom. The predicted octanol–water partition coefficient (Wildman–Crippen LogP) is 4.96. The van der Waals surface area contributed by atoms with Crippen LogP contribution in [0.4, 0.5) is 9.59 Å². The van der Waals surface area contributed by atoms with Gasteiger partial charge in [0, 0.05) is 38.3 Å². The number of nitrogens with zero attached hydrogens (tertiary/aromatic N) is 2. The summed E-state index contributed by atoms with van der Waals surface area (Å²) in [6, 6.07) is 18.6. The Morgan fingerprint density at radius 1 is 0.771 bits per heavy atom. The molecule has 384 valence electrons. The number of likely N-dealkylation sites (tertiary alicyclic amines) is 2. The molecule has 2 bridgehead atoms. The molecular weight excluding hydrogens is 889 g/mol. The van der Waals surface area contributed by atoms with E-state index in [0.717, 1.165) is 56.1 Å². The maximum Gasteiger partial charge on any atom is 0.482 e. The van der Waals surface area contributed by atoms with E-state index in [0.29, 0.717) is 63.1 Å². The van der Waals surface area contributed by atoms with Crippen molar-refractivity contribution in [1.29, 1.82) is 0 Å². The van der Waals surface area contributed by atoms with Gasteiger partial charge in [-0.05, 0) is 124 Å². The fourth-order valence-corrected chi connectivity index (χ4v) is 10.8. The van der Waals surface area contributed by atoms with Crippen LogP contribution in [0.1, 0.15) is 105 Å². The highest BCUT2D eigenvalue weighted by Gasteiger charge is 2.68. The molecule has 3 aliphatic carbocycles. The minimum atomic E-state index is -1.67. The first-order valence-corrected chi connectivity index (χ1v) is 24.9. The molecule has 8 rings (SSSR count). The van der Waals surface area contributed by atoms with E-state index in [1.807, 2.05) is 67.3 Å². The Hall–Kier alpha value is -4.65. The monoisotopic (exact) mass is 971 g/mol. The van der Waals surface area contributed by atoms with Crippen molar-refractivity contribution in [3.8, 4) is 0 Å². The molecule has 0 radical (unpaired) electrons. The second-order valence-electron chi connectivity index (χ2n) is 20.4. The quantitative estimate of drug-likeness (QED) is 0.0835. The van der Waals surface area contributed by atoms with Crippen molar-refractivity contribution >= 4 is 45.2 Å². The highest BCUT2D eigenvalue weighted by Crippen LogP contribution is 2.65. The number of carbonyl (C=O) groups is 4. The molecule has 3 heterocycles. The zero-order valence-corrected chi connectivity index (χ0v) is 41.4. The van der Waals surface area contributed by atoms with E-state index in [1.54, 1.807) is 4.90 Å². The van der Waals surface area contributed by atoms with Gasteiger partial charge in [0.05, 0.1) is 23.6 Å². The Labute approximate surface area is 418 Å². The summed E-state index contributed by atoms with van der Waals surface area (Å²) in [6.45, 7) is 20.0. The third-order valence-corrected chi connectivity index (χ3v) is 14.7. The lowest BCUT2D eigenvalue weighted by atomic mass is 9.43. The minimum Gasteiger partial charge on any atom is -0.427 e. The summed E-state index contributed by atoms with van der Waals surface area (Å²) in [4.78, 5) is 53.0. The lowest BCUT2D eigenvalue weighted by molar-refractivity contribution is -0.199. The van der Waals surface area contributed by atoms with Crippen LogP contribution < -0.4 is 21.3 Å². The number of nitrogens with one attached hydrogen (secondary N) is 4. The predicted molar refractivity (Wildman–Crippen MR) is 277 cm³/mol. The maximum absolute atomic E-state index is 13.1. The summed E-state index contributed by atoms with van der Waals surface area (Å²) >= 11 is 0. The molecule has 19 heteroatoms. The normalized spacial score (nSPS) is 24.7. The van der Waals surface area contributed by atoms with E-state index < -0.39 is 33.3 Å². The smallest absolute Gasteiger partial charge is 0.427 e. The van der Waals surface area contributed by atoms with Gasteiger partial charge in [-0.1, -0.05) is 109 Å². The highest BCUT2D eigenvalue weighted by atomic mass is 16.7. The molecular formula is C51H81B3N6O10. The van der Waals surface area contributed by atoms with Gasteiger partial charge >= 0.3 is 33.4 Å². The SMILES string of the molecule is C.C=CC(=O)N1CCCC[C@H]1CNC(=O)N[C@@H](Cc1ccccc1)B(O)O.C=CC(=O)N1CCCC[C@H]1CNC(=O)N[C@@H](Cc1ccccc1)B1O[C@@H]2C[C@@H]3C[C@@H](C3(C)C)[C@]2(C)O1.CC(C)CB(O)O. The molecule has 2 aromatic carbocycles. The van der Waals surface area contributed by atoms with E-state index >= 15 is 0 Å². The van der Waals surface area contributed by atoms with E-state index in [1.165, 1.54) is 18.6 Å². The number of urea groups is 2. The second kappa shape index (κ2) is 27.3. The van der Waals surface area contributed by atoms with Crippen LogP contribution in [0.25, 0.3) is 0 Å². The number of amides is 6. The number of rotatable bonds is 16. The summed E-state index contributed by atoms with van der Waals surface area (Å²) in [7, 11) is -3.30. The molecule has 8 atom stereocenters. The van der Waals surface area contributed by atoms with Crippen LogP contribution in [0.3, 0.4) is 0 Å². The summed E-state index contributed by atoms with van der Waals surface area (Å²) in [5, 5.41) is 47.1. The van der Waals surface area contributed by atoms with Gasteiger partial charge in [0.15, 0.2) is 0 Å². The van der Waals surface area contributed by atoms with Crippen LogP contribution in [0.2, 0.25) is 6.32 Å². The van der Waals surface area contributed by atoms with Crippen LogP contribution in [0.5, 0.6) is 0 Å². The number of benzene rings is 2. The first kappa shape index (κ1) is 57.9. The van der Waals surface area contributed by atoms with Crippen molar-refractivity contribution < 1.29 is 48.6 Å². The van der Waals surface area contributed by atoms with Crippen LogP contribution in [0, 0.1) is 23.2 Å². The van der Waals surface area contributed by atoms with Crippen LogP contribution in [0.15, 0.2) is 86.0 Å². The lowest BCUT2D eigenvalue weighted by Crippen LogP contribution is -2.65. The molecule has 0 aromatic heterocycles. The fraction of sp³-hybridized carbons (Fsp3) is 0.608. The van der Waals surface area contributed by atoms with Gasteiger partial charge in [0.2, 0.25) is 11.8 Å². The van der Waals surface area contributed by atoms with E-state index in [2.05, 4.69) is 67.3 Å². The van der Waals surface area contributed by atoms with Gasteiger partial charge in [0.1, 0.15) is 0 Å². The molecule has 16 nitrogen and oxygen atoms in total. The average Bonchev–Trinajstić information content (AvgIpc) is 3.70. The highest BCUT2D eigenvalue weighted by molar-refractivity contribution is 6.48. The molecule has 3 saturated carbocycles. The Kier molecular flexibility index (Phi) is 22.6. The largest absolute Gasteiger partial charge is 0.482 e. The summed E-state index contributed by atoms with van der Waals surface area (Å²) < 4.78 is 13.2. The number of hydrogen-bond acceptors (Lipinski definition) is 10. The van der Waals surface area contributed by atoms with Crippen molar-refractivity contribution in [2.45, 2.75) is 148 Å². The zero-order chi connectivity index (χ0) is 50.3. The molecule has 70 heavy (non-hydrogen) atoms. The van der Waals surface area contributed by atoms with Gasteiger partial charge in [-0.25, -0.2) is 9.59 Å². The Balaban J connectivity index is 0.000000275. The van der Waals surface area contributed by atoms with E-state index in [-0.39, 0.29) is 60.4 Å². The van der Waals surface area contributed by atoms with Gasteiger partial charge < -0.3 is 60.5 Å². The summed E-state index contributed by atoms with van der Waals surface area (Å²) in [6.07, 6.45) is 12.0. The van der Waals surface area contributed by atoms with Crippen molar-refractivity contribution in [3.63, 3.8) is 0 Å². The van der Waals surface area contributed by atoms with Crippen LogP contribution >= 0.6 is 0 Å². The summed E-state index contributed by atoms with van der Waals surface area (Å²) in [5.74, 6) is 0.147. The molecule has 0 unspecified atom stereocenters. The zero-order valence-electron chi connectivity index (χ0n) is 41.4. The van der Waals surface area contributed by atoms with Gasteiger partial charge in [-0.2, -0.15) is 0 Å². The van der Waals surface area contributed by atoms with Gasteiger partial charge in [0.25, 0.3) is 0 Å². The number of hydrogen-bond donors (Lipinski definition) is 8. The van der Waals surface area contributed by atoms with Crippen LogP contribution in [-0.2, 0) is 31.7 Å². The summed E-state index contributed by atoms with van der Waals surface area (Å²) in [5.41, 5.74) is 1.94. The topological polar surface area (TPSA) is 222 Å². The third-order valence-electron chi connectivity index (χ3n) is 14.7. The van der Waals surface area contributed by atoms with Crippen molar-refractivity contribution in [3.05, 3.63) is 97.1 Å². The van der Waals surface area contributed by atoms with Crippen LogP contribution in [-0.4, -0.2) is 137 Å². The van der Waals surface area contributed by atoms with Crippen molar-refractivity contribution in [2.24, 2.45) is 23.2 Å². The standard InChI is InChI=1S/C28H40BN3O4.C18H26BN3O4.C4H11BO2.CH4/c1-5-25(33)32-14-10-9-13-21(32)18-30-26(34)31-24(15-19-11-7-6-8-12-19)29-35-23-17-20-16-22(27(20,2)3)28(23,4)36-29;1-2-17(23)22-11-7-6-10-15(22)13-20-18(24)21-16(19(25)26)12-14-8-4-3-5-9-14;1-4(2)3-5(6)7;/h5-8,11-12,20-24H,1,9-10,13-18H2,2-4H3,(H2,30,31,34);2-5,8-9,15-16,25-26H,1,6-7,10-13H2,(H2,20,21,24);4,6-7H,3H2,1-2H3;1H4/t20-,21-,22-,23+,24-,28-;15-,16-;;/m00../s1. The number of piperidine rings is 2. The average molecular weight is 971 g/mol. The molecule has 0 spiro atoms. The third kappa shape index (κ3) is 15.9. The van der Waals surface area contributed by atoms with Gasteiger partial charge in [-0.15, -0.1) is 0 Å². The van der Waals surface area contributed by atoms with E-state index in [9.17, 15) is 29.2 Å². The van der Waals surface area contributed by atoms with Crippen molar-refractivity contribution in [2.75, 3.05) is 26.2 Å².